The van der Waals surface area contributed by atoms with E-state index in [4.69, 9.17) is 14.2 Å². The Morgan fingerprint density at radius 2 is 1.04 bits per heavy atom. The fourth-order valence-corrected chi connectivity index (χ4v) is 8.66. The molecule has 11 heteroatoms. The van der Waals surface area contributed by atoms with E-state index in [2.05, 4.69) is 86.8 Å². The number of hydrogen-bond donors (Lipinski definition) is 6. The van der Waals surface area contributed by atoms with Gasteiger partial charge in [0, 0.05) is 6.42 Å². The molecule has 0 spiro atoms. The van der Waals surface area contributed by atoms with Crippen molar-refractivity contribution in [1.29, 1.82) is 0 Å². The number of amides is 1. The third-order valence-electron chi connectivity index (χ3n) is 13.3. The van der Waals surface area contributed by atoms with Crippen molar-refractivity contribution in [3.05, 3.63) is 85.1 Å². The van der Waals surface area contributed by atoms with Crippen LogP contribution in [0.5, 0.6) is 0 Å². The van der Waals surface area contributed by atoms with Crippen molar-refractivity contribution in [1.82, 2.24) is 5.32 Å². The Hall–Kier alpha value is -3.16. The number of allylic oxidation sites excluding steroid dienone is 13. The second-order valence-electron chi connectivity index (χ2n) is 20.1. The number of aliphatic hydroxyl groups is 5. The Labute approximate surface area is 444 Å². The maximum Gasteiger partial charge on any atom is 0.306 e. The van der Waals surface area contributed by atoms with Crippen molar-refractivity contribution in [2.45, 2.75) is 282 Å². The molecule has 1 fully saturated rings. The molecule has 0 aromatic heterocycles. The number of nitrogens with one attached hydrogen (secondary N) is 1. The van der Waals surface area contributed by atoms with Crippen LogP contribution in [-0.2, 0) is 23.8 Å². The SMILES string of the molecule is CC/C=C/C=C/C=C/CCCCCCCCC(O)C(=O)NC(COC1OC(CO)C(O)C(O)C1OC(=O)CCCCCCCC/C=C\C/C=C\C/C=C\CCCCC)C(O)/C=C/CCCCCCCCCCC. The number of hydrogen-bond acceptors (Lipinski definition) is 10. The Bertz CT molecular complexity index is 1510. The van der Waals surface area contributed by atoms with Crippen LogP contribution in [0.1, 0.15) is 233 Å². The maximum atomic E-state index is 13.4. The van der Waals surface area contributed by atoms with Crippen LogP contribution in [0.2, 0.25) is 0 Å². The Morgan fingerprint density at radius 1 is 0.562 bits per heavy atom. The molecule has 73 heavy (non-hydrogen) atoms. The average Bonchev–Trinajstić information content (AvgIpc) is 3.39. The molecule has 1 rings (SSSR count). The van der Waals surface area contributed by atoms with E-state index in [1.54, 1.807) is 6.08 Å². The zero-order chi connectivity index (χ0) is 53.3. The second kappa shape index (κ2) is 49.7. The van der Waals surface area contributed by atoms with Crippen molar-refractivity contribution >= 4 is 11.9 Å². The molecule has 1 heterocycles. The number of carbonyl (C=O) groups is 2. The molecular formula is C62H107NO10. The molecule has 1 aliphatic heterocycles. The van der Waals surface area contributed by atoms with Gasteiger partial charge in [0.15, 0.2) is 12.4 Å². The van der Waals surface area contributed by atoms with Gasteiger partial charge >= 0.3 is 5.97 Å². The maximum absolute atomic E-state index is 13.4. The van der Waals surface area contributed by atoms with Crippen LogP contribution in [0.15, 0.2) is 85.1 Å². The van der Waals surface area contributed by atoms with Crippen molar-refractivity contribution in [2.75, 3.05) is 13.2 Å². The fraction of sp³-hybridized carbons (Fsp3) is 0.742. The van der Waals surface area contributed by atoms with E-state index in [1.165, 1.54) is 64.2 Å². The Morgan fingerprint density at radius 3 is 1.62 bits per heavy atom. The van der Waals surface area contributed by atoms with E-state index in [-0.39, 0.29) is 19.4 Å². The average molecular weight is 1030 g/mol. The summed E-state index contributed by atoms with van der Waals surface area (Å²) in [4.78, 5) is 26.5. The second-order valence-corrected chi connectivity index (χ2v) is 20.1. The van der Waals surface area contributed by atoms with Gasteiger partial charge in [-0.15, -0.1) is 0 Å². The molecule has 1 amide bonds. The van der Waals surface area contributed by atoms with Gasteiger partial charge in [-0.25, -0.2) is 0 Å². The summed E-state index contributed by atoms with van der Waals surface area (Å²) in [6, 6.07) is -1.04. The van der Waals surface area contributed by atoms with Crippen molar-refractivity contribution in [3.8, 4) is 0 Å². The van der Waals surface area contributed by atoms with Crippen molar-refractivity contribution < 1.29 is 49.3 Å². The van der Waals surface area contributed by atoms with Crippen LogP contribution in [-0.4, -0.2) is 99.6 Å². The number of unbranched alkanes of at least 4 members (excludes halogenated alkanes) is 24. The molecule has 1 aliphatic rings. The minimum atomic E-state index is -1.62. The summed E-state index contributed by atoms with van der Waals surface area (Å²) in [5.41, 5.74) is 0. The van der Waals surface area contributed by atoms with Crippen molar-refractivity contribution in [3.63, 3.8) is 0 Å². The summed E-state index contributed by atoms with van der Waals surface area (Å²) in [5.74, 6) is -1.23. The molecular weight excluding hydrogens is 919 g/mol. The van der Waals surface area contributed by atoms with Crippen LogP contribution < -0.4 is 5.32 Å². The molecule has 6 N–H and O–H groups in total. The van der Waals surface area contributed by atoms with Gasteiger partial charge in [0.25, 0.3) is 0 Å². The zero-order valence-corrected chi connectivity index (χ0v) is 46.2. The number of aliphatic hydroxyl groups excluding tert-OH is 5. The summed E-state index contributed by atoms with van der Waals surface area (Å²) in [6.45, 7) is 5.59. The molecule has 8 atom stereocenters. The molecule has 0 bridgehead atoms. The predicted octanol–water partition coefficient (Wildman–Crippen LogP) is 13.4. The monoisotopic (exact) mass is 1030 g/mol. The first-order valence-electron chi connectivity index (χ1n) is 29.4. The molecule has 0 aromatic carbocycles. The van der Waals surface area contributed by atoms with Crippen LogP contribution in [0.25, 0.3) is 0 Å². The molecule has 11 nitrogen and oxygen atoms in total. The fourth-order valence-electron chi connectivity index (χ4n) is 8.66. The largest absolute Gasteiger partial charge is 0.454 e. The molecule has 0 saturated carbocycles. The number of ether oxygens (including phenoxy) is 3. The number of esters is 1. The highest BCUT2D eigenvalue weighted by Crippen LogP contribution is 2.26. The van der Waals surface area contributed by atoms with Gasteiger partial charge in [0.1, 0.15) is 24.4 Å². The summed E-state index contributed by atoms with van der Waals surface area (Å²) in [7, 11) is 0. The first-order valence-corrected chi connectivity index (χ1v) is 29.4. The zero-order valence-electron chi connectivity index (χ0n) is 46.2. The van der Waals surface area contributed by atoms with Crippen LogP contribution in [0.3, 0.4) is 0 Å². The van der Waals surface area contributed by atoms with E-state index >= 15 is 0 Å². The molecule has 8 unspecified atom stereocenters. The lowest BCUT2D eigenvalue weighted by Gasteiger charge is -2.41. The summed E-state index contributed by atoms with van der Waals surface area (Å²) in [5, 5.41) is 56.8. The normalized spacial score (nSPS) is 20.0. The van der Waals surface area contributed by atoms with Gasteiger partial charge < -0.3 is 45.1 Å². The van der Waals surface area contributed by atoms with E-state index in [0.29, 0.717) is 12.8 Å². The molecule has 420 valence electrons. The molecule has 0 aliphatic carbocycles. The molecule has 0 radical (unpaired) electrons. The smallest absolute Gasteiger partial charge is 0.306 e. The van der Waals surface area contributed by atoms with Gasteiger partial charge in [-0.3, -0.25) is 9.59 Å². The van der Waals surface area contributed by atoms with Gasteiger partial charge in [-0.05, 0) is 83.5 Å². The minimum absolute atomic E-state index is 0.104. The third-order valence-corrected chi connectivity index (χ3v) is 13.3. The van der Waals surface area contributed by atoms with Gasteiger partial charge in [0.05, 0.1) is 25.4 Å². The lowest BCUT2D eigenvalue weighted by Crippen LogP contribution is -2.61. The summed E-state index contributed by atoms with van der Waals surface area (Å²) < 4.78 is 17.6. The van der Waals surface area contributed by atoms with E-state index in [9.17, 15) is 35.1 Å². The van der Waals surface area contributed by atoms with E-state index in [1.807, 2.05) is 18.2 Å². The first-order chi connectivity index (χ1) is 35.7. The quantitative estimate of drug-likeness (QED) is 0.0149. The first kappa shape index (κ1) is 67.9. The third kappa shape index (κ3) is 38.1. The number of carbonyl (C=O) groups excluding carboxylic acids is 2. The topological polar surface area (TPSA) is 175 Å². The Kier molecular flexibility index (Phi) is 46.2. The van der Waals surface area contributed by atoms with Crippen molar-refractivity contribution in [2.24, 2.45) is 0 Å². The number of rotatable bonds is 48. The lowest BCUT2D eigenvalue weighted by molar-refractivity contribution is -0.305. The van der Waals surface area contributed by atoms with Crippen LogP contribution in [0.4, 0.5) is 0 Å². The molecule has 1 saturated heterocycles. The lowest BCUT2D eigenvalue weighted by atomic mass is 9.99. The van der Waals surface area contributed by atoms with Crippen LogP contribution in [0, 0.1) is 0 Å². The standard InChI is InChI=1S/C62H107NO10/c1-4-7-10-13-16-19-22-24-26-27-28-29-30-32-35-38-41-44-47-50-57(67)73-60-59(69)58(68)56(51-64)72-62(60)71-52-53(54(65)48-45-42-39-36-33-21-18-15-12-9-6-3)63-61(70)55(66)49-46-43-40-37-34-31-25-23-20-17-14-11-8-5-2/h8,11,14,16-17,19-20,23-24,26,28-29,45,48,53-56,58-60,62,64-66,68-69H,4-7,9-10,12-13,15,18,21-22,25,27,30-44,46-47,49-52H2,1-3H3,(H,63,70)/b11-8+,17-14+,19-16-,23-20+,26-24-,29-28-,48-45+. The highest BCUT2D eigenvalue weighted by atomic mass is 16.7. The van der Waals surface area contributed by atoms with E-state index in [0.717, 1.165) is 122 Å². The summed E-state index contributed by atoms with van der Waals surface area (Å²) in [6.07, 6.45) is 53.3. The Balaban J connectivity index is 2.71. The summed E-state index contributed by atoms with van der Waals surface area (Å²) >= 11 is 0. The van der Waals surface area contributed by atoms with Gasteiger partial charge in [0.2, 0.25) is 5.91 Å². The highest BCUT2D eigenvalue weighted by Gasteiger charge is 2.47. The predicted molar refractivity (Wildman–Crippen MR) is 301 cm³/mol. The molecule has 0 aromatic rings. The van der Waals surface area contributed by atoms with Crippen LogP contribution >= 0.6 is 0 Å². The highest BCUT2D eigenvalue weighted by molar-refractivity contribution is 5.80. The van der Waals surface area contributed by atoms with Gasteiger partial charge in [-0.2, -0.15) is 0 Å². The van der Waals surface area contributed by atoms with Gasteiger partial charge in [-0.1, -0.05) is 228 Å². The van der Waals surface area contributed by atoms with E-state index < -0.39 is 67.4 Å². The minimum Gasteiger partial charge on any atom is -0.454 e.